The summed E-state index contributed by atoms with van der Waals surface area (Å²) in [5, 5.41) is 4.35. The number of hydrogen-bond donors (Lipinski definition) is 1. The first-order valence-corrected chi connectivity index (χ1v) is 7.80. The van der Waals surface area contributed by atoms with Gasteiger partial charge in [-0.15, -0.1) is 0 Å². The van der Waals surface area contributed by atoms with Gasteiger partial charge in [0.05, 0.1) is 5.92 Å². The molecule has 1 saturated carbocycles. The fourth-order valence-electron chi connectivity index (χ4n) is 2.93. The van der Waals surface area contributed by atoms with Gasteiger partial charge < -0.3 is 5.32 Å². The van der Waals surface area contributed by atoms with E-state index in [4.69, 9.17) is 23.2 Å². The van der Waals surface area contributed by atoms with E-state index in [0.717, 1.165) is 12.0 Å². The third kappa shape index (κ3) is 4.51. The molecule has 0 saturated heterocycles. The van der Waals surface area contributed by atoms with Crippen LogP contribution >= 0.6 is 23.2 Å². The average molecular weight is 340 g/mol. The maximum Gasteiger partial charge on any atom is 0.391 e. The van der Waals surface area contributed by atoms with Gasteiger partial charge in [0.25, 0.3) is 0 Å². The summed E-state index contributed by atoms with van der Waals surface area (Å²) in [4.78, 5) is 0. The summed E-state index contributed by atoms with van der Waals surface area (Å²) >= 11 is 12.0. The van der Waals surface area contributed by atoms with Crippen molar-refractivity contribution in [3.05, 3.63) is 33.8 Å². The van der Waals surface area contributed by atoms with Gasteiger partial charge in [-0.3, -0.25) is 0 Å². The van der Waals surface area contributed by atoms with E-state index in [1.165, 1.54) is 0 Å². The molecule has 3 atom stereocenters. The lowest BCUT2D eigenvalue weighted by atomic mass is 9.85. The van der Waals surface area contributed by atoms with Crippen molar-refractivity contribution in [1.82, 2.24) is 5.32 Å². The Labute approximate surface area is 132 Å². The van der Waals surface area contributed by atoms with Crippen LogP contribution in [0, 0.1) is 5.92 Å². The van der Waals surface area contributed by atoms with Crippen LogP contribution in [0.15, 0.2) is 18.2 Å². The molecule has 0 aliphatic heterocycles. The van der Waals surface area contributed by atoms with Gasteiger partial charge >= 0.3 is 6.18 Å². The van der Waals surface area contributed by atoms with Gasteiger partial charge in [0.1, 0.15) is 0 Å². The summed E-state index contributed by atoms with van der Waals surface area (Å²) in [6.45, 7) is 1.91. The third-order valence-electron chi connectivity index (χ3n) is 4.05. The highest BCUT2D eigenvalue weighted by atomic mass is 35.5. The number of rotatable bonds is 3. The second kappa shape index (κ2) is 6.76. The highest BCUT2D eigenvalue weighted by Gasteiger charge is 2.42. The average Bonchev–Trinajstić information content (AvgIpc) is 2.37. The summed E-state index contributed by atoms with van der Waals surface area (Å²) in [5.41, 5.74) is 0.857. The summed E-state index contributed by atoms with van der Waals surface area (Å²) in [6, 6.07) is 4.96. The molecular formula is C15H18Cl2F3N. The van der Waals surface area contributed by atoms with Gasteiger partial charge in [0.2, 0.25) is 0 Å². The molecule has 1 N–H and O–H groups in total. The molecule has 1 nitrogen and oxygen atoms in total. The lowest BCUT2D eigenvalue weighted by molar-refractivity contribution is -0.183. The third-order valence-corrected chi connectivity index (χ3v) is 4.61. The first kappa shape index (κ1) is 16.9. The normalized spacial score (nSPS) is 24.9. The molecule has 1 aromatic carbocycles. The Morgan fingerprint density at radius 2 is 1.95 bits per heavy atom. The van der Waals surface area contributed by atoms with Crippen molar-refractivity contribution in [3.8, 4) is 0 Å². The Bertz CT molecular complexity index is 490. The molecule has 1 aromatic rings. The minimum Gasteiger partial charge on any atom is -0.307 e. The first-order chi connectivity index (χ1) is 9.77. The van der Waals surface area contributed by atoms with Gasteiger partial charge in [-0.05, 0) is 43.9 Å². The molecule has 6 heteroatoms. The first-order valence-electron chi connectivity index (χ1n) is 7.05. The van der Waals surface area contributed by atoms with E-state index >= 15 is 0 Å². The van der Waals surface area contributed by atoms with Crippen LogP contribution in [-0.4, -0.2) is 12.2 Å². The highest BCUT2D eigenvalue weighted by Crippen LogP contribution is 2.38. The molecule has 3 unspecified atom stereocenters. The largest absolute Gasteiger partial charge is 0.391 e. The zero-order valence-corrected chi connectivity index (χ0v) is 13.2. The molecule has 0 heterocycles. The number of halogens is 5. The fraction of sp³-hybridized carbons (Fsp3) is 0.600. The molecule has 0 aromatic heterocycles. The van der Waals surface area contributed by atoms with Crippen molar-refractivity contribution < 1.29 is 13.2 Å². The van der Waals surface area contributed by atoms with Crippen molar-refractivity contribution >= 4 is 23.2 Å². The van der Waals surface area contributed by atoms with E-state index in [-0.39, 0.29) is 24.9 Å². The molecular weight excluding hydrogens is 322 g/mol. The van der Waals surface area contributed by atoms with E-state index in [1.807, 2.05) is 13.0 Å². The molecule has 0 bridgehead atoms. The quantitative estimate of drug-likeness (QED) is 0.737. The van der Waals surface area contributed by atoms with Gasteiger partial charge in [0, 0.05) is 22.1 Å². The molecule has 21 heavy (non-hydrogen) atoms. The maximum atomic E-state index is 12.8. The summed E-state index contributed by atoms with van der Waals surface area (Å²) < 4.78 is 38.5. The number of nitrogens with one attached hydrogen (secondary N) is 1. The molecule has 1 aliphatic carbocycles. The lowest BCUT2D eigenvalue weighted by Crippen LogP contribution is -2.39. The van der Waals surface area contributed by atoms with Crippen molar-refractivity contribution in [2.24, 2.45) is 5.92 Å². The van der Waals surface area contributed by atoms with Crippen LogP contribution < -0.4 is 5.32 Å². The van der Waals surface area contributed by atoms with Crippen LogP contribution in [0.5, 0.6) is 0 Å². The van der Waals surface area contributed by atoms with E-state index in [9.17, 15) is 13.2 Å². The van der Waals surface area contributed by atoms with Crippen molar-refractivity contribution in [1.29, 1.82) is 0 Å². The fourth-order valence-corrected chi connectivity index (χ4v) is 3.51. The standard InChI is InChI=1S/C15H18Cl2F3N/c1-9(13-6-5-11(16)8-14(13)17)21-12-4-2-3-10(7-12)15(18,19)20/h5-6,8-10,12,21H,2-4,7H2,1H3. The van der Waals surface area contributed by atoms with Crippen LogP contribution in [0.1, 0.15) is 44.2 Å². The van der Waals surface area contributed by atoms with E-state index < -0.39 is 12.1 Å². The molecule has 118 valence electrons. The second-order valence-corrected chi connectivity index (χ2v) is 6.50. The number of alkyl halides is 3. The zero-order chi connectivity index (χ0) is 15.6. The predicted octanol–water partition coefficient (Wildman–Crippen LogP) is 5.77. The van der Waals surface area contributed by atoms with E-state index in [1.54, 1.807) is 12.1 Å². The Hall–Kier alpha value is -0.450. The van der Waals surface area contributed by atoms with Crippen LogP contribution in [0.25, 0.3) is 0 Å². The topological polar surface area (TPSA) is 12.0 Å². The Kier molecular flexibility index (Phi) is 5.44. The summed E-state index contributed by atoms with van der Waals surface area (Å²) in [5.74, 6) is -1.20. The van der Waals surface area contributed by atoms with E-state index in [0.29, 0.717) is 16.5 Å². The molecule has 0 radical (unpaired) electrons. The number of hydrogen-bond acceptors (Lipinski definition) is 1. The van der Waals surface area contributed by atoms with Crippen molar-refractivity contribution in [2.75, 3.05) is 0 Å². The van der Waals surface area contributed by atoms with Gasteiger partial charge in [-0.25, -0.2) is 0 Å². The highest BCUT2D eigenvalue weighted by molar-refractivity contribution is 6.35. The molecule has 0 spiro atoms. The van der Waals surface area contributed by atoms with Gasteiger partial charge in [0.15, 0.2) is 0 Å². The zero-order valence-electron chi connectivity index (χ0n) is 11.7. The van der Waals surface area contributed by atoms with Crippen molar-refractivity contribution in [2.45, 2.75) is 50.9 Å². The van der Waals surface area contributed by atoms with Crippen molar-refractivity contribution in [3.63, 3.8) is 0 Å². The summed E-state index contributed by atoms with van der Waals surface area (Å²) in [6.07, 6.45) is -2.36. The SMILES string of the molecule is CC(NC1CCCC(C(F)(F)F)C1)c1ccc(Cl)cc1Cl. The minimum atomic E-state index is -4.10. The lowest BCUT2D eigenvalue weighted by Gasteiger charge is -2.33. The number of benzene rings is 1. The molecule has 1 aliphatic rings. The molecule has 0 amide bonds. The second-order valence-electron chi connectivity index (χ2n) is 5.66. The van der Waals surface area contributed by atoms with Gasteiger partial charge in [-0.2, -0.15) is 13.2 Å². The molecule has 1 fully saturated rings. The van der Waals surface area contributed by atoms with Crippen LogP contribution in [0.2, 0.25) is 10.0 Å². The minimum absolute atomic E-state index is 0.105. The van der Waals surface area contributed by atoms with Gasteiger partial charge in [-0.1, -0.05) is 35.7 Å². The van der Waals surface area contributed by atoms with Crippen LogP contribution in [0.3, 0.4) is 0 Å². The predicted molar refractivity (Wildman–Crippen MR) is 79.8 cm³/mol. The Morgan fingerprint density at radius 1 is 1.24 bits per heavy atom. The smallest absolute Gasteiger partial charge is 0.307 e. The van der Waals surface area contributed by atoms with E-state index in [2.05, 4.69) is 5.32 Å². The maximum absolute atomic E-state index is 12.8. The monoisotopic (exact) mass is 339 g/mol. The Morgan fingerprint density at radius 3 is 2.57 bits per heavy atom. The summed E-state index contributed by atoms with van der Waals surface area (Å²) in [7, 11) is 0. The van der Waals surface area contributed by atoms with Crippen LogP contribution in [0.4, 0.5) is 13.2 Å². The Balaban J connectivity index is 2.00. The molecule has 2 rings (SSSR count). The van der Waals surface area contributed by atoms with Crippen LogP contribution in [-0.2, 0) is 0 Å².